The minimum absolute atomic E-state index is 0.127. The van der Waals surface area contributed by atoms with Gasteiger partial charge in [-0.1, -0.05) is 18.2 Å². The normalized spacial score (nSPS) is 10.2. The van der Waals surface area contributed by atoms with Gasteiger partial charge in [0.05, 0.1) is 0 Å². The second-order valence-electron chi connectivity index (χ2n) is 5.39. The summed E-state index contributed by atoms with van der Waals surface area (Å²) in [4.78, 5) is 31.4. The van der Waals surface area contributed by atoms with Gasteiger partial charge in [0.25, 0.3) is 0 Å². The Kier molecular flexibility index (Phi) is 5.86. The molecule has 0 spiro atoms. The summed E-state index contributed by atoms with van der Waals surface area (Å²) in [7, 11) is 3.40. The number of carbonyl (C=O) groups excluding carboxylic acids is 2. The SMILES string of the molecule is CN(CCc1ccncc1)C(=O)CC(=O)N(C)c1ccccc1. The first-order chi connectivity index (χ1) is 11.1. The standard InChI is InChI=1S/C18H21N3O2/c1-20(13-10-15-8-11-19-12-9-15)17(22)14-18(23)21(2)16-6-4-3-5-7-16/h3-9,11-12H,10,13-14H2,1-2H3. The van der Waals surface area contributed by atoms with Gasteiger partial charge in [-0.2, -0.15) is 0 Å². The molecular formula is C18H21N3O2. The molecule has 0 N–H and O–H groups in total. The van der Waals surface area contributed by atoms with Crippen LogP contribution in [0.4, 0.5) is 5.69 Å². The van der Waals surface area contributed by atoms with Crippen LogP contribution < -0.4 is 4.90 Å². The Labute approximate surface area is 136 Å². The van der Waals surface area contributed by atoms with Gasteiger partial charge in [0.1, 0.15) is 6.42 Å². The number of carbonyl (C=O) groups is 2. The quantitative estimate of drug-likeness (QED) is 0.768. The van der Waals surface area contributed by atoms with Gasteiger partial charge >= 0.3 is 0 Å². The lowest BCUT2D eigenvalue weighted by atomic mass is 10.2. The Bertz CT molecular complexity index is 644. The summed E-state index contributed by atoms with van der Waals surface area (Å²) in [6.07, 6.45) is 4.08. The largest absolute Gasteiger partial charge is 0.345 e. The average Bonchev–Trinajstić information content (AvgIpc) is 2.60. The maximum absolute atomic E-state index is 12.2. The molecule has 2 aromatic rings. The fourth-order valence-electron chi connectivity index (χ4n) is 2.15. The second-order valence-corrected chi connectivity index (χ2v) is 5.39. The number of pyridine rings is 1. The first-order valence-corrected chi connectivity index (χ1v) is 7.52. The third kappa shape index (κ3) is 4.92. The fraction of sp³-hybridized carbons (Fsp3) is 0.278. The molecule has 23 heavy (non-hydrogen) atoms. The third-order valence-corrected chi connectivity index (χ3v) is 3.73. The van der Waals surface area contributed by atoms with Crippen LogP contribution in [0.3, 0.4) is 0 Å². The minimum atomic E-state index is -0.211. The fourth-order valence-corrected chi connectivity index (χ4v) is 2.15. The Morgan fingerprint density at radius 2 is 1.61 bits per heavy atom. The van der Waals surface area contributed by atoms with Crippen molar-refractivity contribution in [3.63, 3.8) is 0 Å². The number of para-hydroxylation sites is 1. The molecule has 2 rings (SSSR count). The highest BCUT2D eigenvalue weighted by Gasteiger charge is 2.18. The monoisotopic (exact) mass is 311 g/mol. The molecular weight excluding hydrogens is 290 g/mol. The van der Waals surface area contributed by atoms with E-state index in [2.05, 4.69) is 4.98 Å². The molecule has 120 valence electrons. The van der Waals surface area contributed by atoms with Gasteiger partial charge in [0.2, 0.25) is 11.8 Å². The van der Waals surface area contributed by atoms with Gasteiger partial charge in [-0.15, -0.1) is 0 Å². The lowest BCUT2D eigenvalue weighted by molar-refractivity contribution is -0.134. The number of amides is 2. The topological polar surface area (TPSA) is 53.5 Å². The van der Waals surface area contributed by atoms with Crippen molar-refractivity contribution in [1.29, 1.82) is 0 Å². The van der Waals surface area contributed by atoms with Gasteiger partial charge in [0, 0.05) is 38.7 Å². The van der Waals surface area contributed by atoms with Crippen LogP contribution in [0.25, 0.3) is 0 Å². The van der Waals surface area contributed by atoms with Crippen molar-refractivity contribution in [3.05, 3.63) is 60.4 Å². The van der Waals surface area contributed by atoms with Crippen LogP contribution in [0, 0.1) is 0 Å². The number of nitrogens with zero attached hydrogens (tertiary/aromatic N) is 3. The number of likely N-dealkylation sites (N-methyl/N-ethyl adjacent to an activating group) is 1. The minimum Gasteiger partial charge on any atom is -0.345 e. The predicted octanol–water partition coefficient (Wildman–Crippen LogP) is 2.14. The van der Waals surface area contributed by atoms with Crippen LogP contribution in [0.1, 0.15) is 12.0 Å². The molecule has 0 radical (unpaired) electrons. The van der Waals surface area contributed by atoms with E-state index < -0.39 is 0 Å². The number of hydrogen-bond acceptors (Lipinski definition) is 3. The molecule has 0 bridgehead atoms. The van der Waals surface area contributed by atoms with Crippen LogP contribution in [0.15, 0.2) is 54.9 Å². The van der Waals surface area contributed by atoms with Crippen molar-refractivity contribution >= 4 is 17.5 Å². The van der Waals surface area contributed by atoms with Gasteiger partial charge in [-0.3, -0.25) is 14.6 Å². The summed E-state index contributed by atoms with van der Waals surface area (Å²) in [6, 6.07) is 13.1. The molecule has 0 saturated carbocycles. The van der Waals surface area contributed by atoms with Crippen LogP contribution in [-0.2, 0) is 16.0 Å². The van der Waals surface area contributed by atoms with E-state index in [9.17, 15) is 9.59 Å². The highest BCUT2D eigenvalue weighted by Crippen LogP contribution is 2.12. The smallest absolute Gasteiger partial charge is 0.236 e. The summed E-state index contributed by atoms with van der Waals surface area (Å²) in [5, 5.41) is 0. The zero-order valence-corrected chi connectivity index (χ0v) is 13.5. The van der Waals surface area contributed by atoms with E-state index in [-0.39, 0.29) is 18.2 Å². The number of anilines is 1. The molecule has 0 fully saturated rings. The maximum atomic E-state index is 12.2. The lowest BCUT2D eigenvalue weighted by Crippen LogP contribution is -2.35. The first kappa shape index (κ1) is 16.7. The predicted molar refractivity (Wildman–Crippen MR) is 90.0 cm³/mol. The molecule has 1 aromatic heterocycles. The van der Waals surface area contributed by atoms with E-state index in [0.29, 0.717) is 6.54 Å². The van der Waals surface area contributed by atoms with Crippen LogP contribution in [0.5, 0.6) is 0 Å². The van der Waals surface area contributed by atoms with Crippen molar-refractivity contribution in [2.24, 2.45) is 0 Å². The van der Waals surface area contributed by atoms with E-state index in [1.54, 1.807) is 31.4 Å². The summed E-state index contributed by atoms with van der Waals surface area (Å²) in [6.45, 7) is 0.575. The van der Waals surface area contributed by atoms with E-state index in [4.69, 9.17) is 0 Å². The van der Waals surface area contributed by atoms with Crippen molar-refractivity contribution in [3.8, 4) is 0 Å². The second kappa shape index (κ2) is 8.08. The Morgan fingerprint density at radius 3 is 2.26 bits per heavy atom. The molecule has 2 amide bonds. The van der Waals surface area contributed by atoms with Crippen LogP contribution in [0.2, 0.25) is 0 Å². The van der Waals surface area contributed by atoms with E-state index >= 15 is 0 Å². The maximum Gasteiger partial charge on any atom is 0.236 e. The number of hydrogen-bond donors (Lipinski definition) is 0. The zero-order chi connectivity index (χ0) is 16.7. The molecule has 0 unspecified atom stereocenters. The van der Waals surface area contributed by atoms with Crippen LogP contribution in [-0.4, -0.2) is 42.3 Å². The van der Waals surface area contributed by atoms with Crippen molar-refractivity contribution in [2.75, 3.05) is 25.5 Å². The summed E-state index contributed by atoms with van der Waals surface area (Å²) >= 11 is 0. The number of aromatic nitrogens is 1. The average molecular weight is 311 g/mol. The summed E-state index contributed by atoms with van der Waals surface area (Å²) < 4.78 is 0. The number of rotatable bonds is 6. The Hall–Kier alpha value is -2.69. The molecule has 1 aromatic carbocycles. The Morgan fingerprint density at radius 1 is 0.957 bits per heavy atom. The Balaban J connectivity index is 1.84. The van der Waals surface area contributed by atoms with E-state index in [0.717, 1.165) is 17.7 Å². The van der Waals surface area contributed by atoms with Crippen molar-refractivity contribution in [1.82, 2.24) is 9.88 Å². The van der Waals surface area contributed by atoms with Crippen molar-refractivity contribution in [2.45, 2.75) is 12.8 Å². The van der Waals surface area contributed by atoms with Crippen LogP contribution >= 0.6 is 0 Å². The van der Waals surface area contributed by atoms with Gasteiger partial charge in [-0.05, 0) is 36.2 Å². The highest BCUT2D eigenvalue weighted by molar-refractivity contribution is 6.04. The molecule has 0 aliphatic carbocycles. The highest BCUT2D eigenvalue weighted by atomic mass is 16.2. The molecule has 1 heterocycles. The molecule has 0 atom stereocenters. The third-order valence-electron chi connectivity index (χ3n) is 3.73. The van der Waals surface area contributed by atoms with Crippen molar-refractivity contribution < 1.29 is 9.59 Å². The molecule has 0 aliphatic heterocycles. The molecule has 0 saturated heterocycles. The summed E-state index contributed by atoms with van der Waals surface area (Å²) in [5.41, 5.74) is 1.90. The number of benzene rings is 1. The molecule has 5 nitrogen and oxygen atoms in total. The van der Waals surface area contributed by atoms with E-state index in [1.807, 2.05) is 42.5 Å². The molecule has 5 heteroatoms. The van der Waals surface area contributed by atoms with E-state index in [1.165, 1.54) is 4.90 Å². The first-order valence-electron chi connectivity index (χ1n) is 7.52. The van der Waals surface area contributed by atoms with Gasteiger partial charge < -0.3 is 9.80 Å². The lowest BCUT2D eigenvalue weighted by Gasteiger charge is -2.20. The van der Waals surface area contributed by atoms with Gasteiger partial charge in [-0.25, -0.2) is 0 Å². The summed E-state index contributed by atoms with van der Waals surface area (Å²) in [5.74, 6) is -0.385. The molecule has 0 aliphatic rings. The zero-order valence-electron chi connectivity index (χ0n) is 13.5. The van der Waals surface area contributed by atoms with Gasteiger partial charge in [0.15, 0.2) is 0 Å².